The molecule has 0 saturated carbocycles. The van der Waals surface area contributed by atoms with E-state index in [2.05, 4.69) is 17.4 Å². The Labute approximate surface area is 97.4 Å². The monoisotopic (exact) mass is 227 g/mol. The van der Waals surface area contributed by atoms with Gasteiger partial charge in [-0.05, 0) is 37.4 Å². The fourth-order valence-corrected chi connectivity index (χ4v) is 2.07. The van der Waals surface area contributed by atoms with Gasteiger partial charge in [0.15, 0.2) is 0 Å². The van der Waals surface area contributed by atoms with Crippen molar-refractivity contribution in [2.75, 3.05) is 13.7 Å². The van der Waals surface area contributed by atoms with Gasteiger partial charge in [0.25, 0.3) is 0 Å². The molecule has 0 bridgehead atoms. The van der Waals surface area contributed by atoms with Crippen LogP contribution in [0.4, 0.5) is 0 Å². The van der Waals surface area contributed by atoms with Gasteiger partial charge in [0.1, 0.15) is 5.75 Å². The third-order valence-electron chi connectivity index (χ3n) is 2.82. The summed E-state index contributed by atoms with van der Waals surface area (Å²) in [6.45, 7) is 1.17. The maximum atomic E-state index is 5.33. The molecule has 2 nitrogen and oxygen atoms in total. The van der Waals surface area contributed by atoms with E-state index < -0.39 is 0 Å². The summed E-state index contributed by atoms with van der Waals surface area (Å²) in [4.78, 5) is 0. The molecule has 1 aliphatic rings. The van der Waals surface area contributed by atoms with Crippen molar-refractivity contribution in [1.82, 2.24) is 5.32 Å². The van der Waals surface area contributed by atoms with Gasteiger partial charge in [0, 0.05) is 6.04 Å². The Balaban J connectivity index is 0.00000112. The zero-order chi connectivity index (χ0) is 9.80. The van der Waals surface area contributed by atoms with Crippen molar-refractivity contribution < 1.29 is 4.74 Å². The van der Waals surface area contributed by atoms with E-state index in [0.717, 1.165) is 12.2 Å². The summed E-state index contributed by atoms with van der Waals surface area (Å²) in [5.41, 5.74) is 1.31. The largest absolute Gasteiger partial charge is 0.496 e. The van der Waals surface area contributed by atoms with E-state index in [1.165, 1.54) is 24.9 Å². The number of ether oxygens (including phenoxy) is 1. The normalized spacial score (nSPS) is 19.7. The third kappa shape index (κ3) is 3.11. The third-order valence-corrected chi connectivity index (χ3v) is 2.82. The lowest BCUT2D eigenvalue weighted by molar-refractivity contribution is 0.407. The molecule has 1 aromatic rings. The average molecular weight is 228 g/mol. The number of hydrogen-bond donors (Lipinski definition) is 1. The second-order valence-electron chi connectivity index (χ2n) is 3.81. The highest BCUT2D eigenvalue weighted by atomic mass is 35.5. The highest BCUT2D eigenvalue weighted by molar-refractivity contribution is 5.85. The molecule has 3 heteroatoms. The topological polar surface area (TPSA) is 21.3 Å². The number of benzene rings is 1. The molecule has 1 fully saturated rings. The van der Waals surface area contributed by atoms with Crippen LogP contribution in [-0.2, 0) is 6.42 Å². The first-order valence-corrected chi connectivity index (χ1v) is 5.25. The Morgan fingerprint density at radius 1 is 1.40 bits per heavy atom. The van der Waals surface area contributed by atoms with Crippen molar-refractivity contribution >= 4 is 12.4 Å². The number of para-hydroxylation sites is 1. The first-order valence-electron chi connectivity index (χ1n) is 5.25. The standard InChI is InChI=1S/C12H17NO.ClH/c1-14-12-7-3-2-5-10(12)9-11-6-4-8-13-11;/h2-3,5,7,11,13H,4,6,8-9H2,1H3;1H. The first kappa shape index (κ1) is 12.3. The molecule has 1 aliphatic heterocycles. The Hall–Kier alpha value is -0.730. The molecule has 1 saturated heterocycles. The van der Waals surface area contributed by atoms with Crippen LogP contribution in [0.2, 0.25) is 0 Å². The van der Waals surface area contributed by atoms with E-state index in [1.54, 1.807) is 7.11 Å². The van der Waals surface area contributed by atoms with E-state index in [-0.39, 0.29) is 12.4 Å². The van der Waals surface area contributed by atoms with Gasteiger partial charge in [-0.25, -0.2) is 0 Å². The number of halogens is 1. The summed E-state index contributed by atoms with van der Waals surface area (Å²) in [5.74, 6) is 1.02. The van der Waals surface area contributed by atoms with Crippen LogP contribution in [0.25, 0.3) is 0 Å². The maximum Gasteiger partial charge on any atom is 0.122 e. The zero-order valence-electron chi connectivity index (χ0n) is 9.03. The van der Waals surface area contributed by atoms with Gasteiger partial charge in [-0.15, -0.1) is 12.4 Å². The van der Waals surface area contributed by atoms with Crippen molar-refractivity contribution in [3.05, 3.63) is 29.8 Å². The lowest BCUT2D eigenvalue weighted by Crippen LogP contribution is -2.23. The Bertz CT molecular complexity index is 297. The number of nitrogens with one attached hydrogen (secondary N) is 1. The molecule has 0 spiro atoms. The van der Waals surface area contributed by atoms with E-state index in [4.69, 9.17) is 4.74 Å². The molecule has 15 heavy (non-hydrogen) atoms. The van der Waals surface area contributed by atoms with Crippen LogP contribution >= 0.6 is 12.4 Å². The van der Waals surface area contributed by atoms with Crippen molar-refractivity contribution in [3.8, 4) is 5.75 Å². The second kappa shape index (κ2) is 5.99. The minimum atomic E-state index is 0. The highest BCUT2D eigenvalue weighted by Gasteiger charge is 2.15. The van der Waals surface area contributed by atoms with Crippen LogP contribution in [-0.4, -0.2) is 19.7 Å². The van der Waals surface area contributed by atoms with Crippen LogP contribution in [0.15, 0.2) is 24.3 Å². The van der Waals surface area contributed by atoms with Crippen LogP contribution in [0.1, 0.15) is 18.4 Å². The van der Waals surface area contributed by atoms with Crippen molar-refractivity contribution in [3.63, 3.8) is 0 Å². The van der Waals surface area contributed by atoms with E-state index in [1.807, 2.05) is 12.1 Å². The lowest BCUT2D eigenvalue weighted by atomic mass is 10.0. The Kier molecular flexibility index (Phi) is 4.92. The van der Waals surface area contributed by atoms with Crippen LogP contribution in [0.5, 0.6) is 5.75 Å². The first-order chi connectivity index (χ1) is 6.90. The molecular weight excluding hydrogens is 210 g/mol. The summed E-state index contributed by atoms with van der Waals surface area (Å²) >= 11 is 0. The number of rotatable bonds is 3. The van der Waals surface area contributed by atoms with Crippen molar-refractivity contribution in [2.24, 2.45) is 0 Å². The molecule has 0 amide bonds. The van der Waals surface area contributed by atoms with E-state index in [9.17, 15) is 0 Å². The summed E-state index contributed by atoms with van der Waals surface area (Å²) < 4.78 is 5.33. The van der Waals surface area contributed by atoms with Crippen molar-refractivity contribution in [1.29, 1.82) is 0 Å². The van der Waals surface area contributed by atoms with E-state index >= 15 is 0 Å². The van der Waals surface area contributed by atoms with Gasteiger partial charge in [0.2, 0.25) is 0 Å². The summed E-state index contributed by atoms with van der Waals surface area (Å²) in [6.07, 6.45) is 3.68. The van der Waals surface area contributed by atoms with Crippen LogP contribution in [0.3, 0.4) is 0 Å². The quantitative estimate of drug-likeness (QED) is 0.857. The minimum Gasteiger partial charge on any atom is -0.496 e. The minimum absolute atomic E-state index is 0. The summed E-state index contributed by atoms with van der Waals surface area (Å²) in [7, 11) is 1.74. The molecule has 1 N–H and O–H groups in total. The lowest BCUT2D eigenvalue weighted by Gasteiger charge is -2.12. The molecular formula is C12H18ClNO. The molecule has 1 aromatic carbocycles. The Morgan fingerprint density at radius 2 is 2.20 bits per heavy atom. The predicted octanol–water partition coefficient (Wildman–Crippen LogP) is 2.41. The average Bonchev–Trinajstić information content (AvgIpc) is 2.71. The van der Waals surface area contributed by atoms with Gasteiger partial charge < -0.3 is 10.1 Å². The highest BCUT2D eigenvalue weighted by Crippen LogP contribution is 2.21. The zero-order valence-corrected chi connectivity index (χ0v) is 9.85. The van der Waals surface area contributed by atoms with Gasteiger partial charge >= 0.3 is 0 Å². The van der Waals surface area contributed by atoms with Gasteiger partial charge in [-0.3, -0.25) is 0 Å². The fourth-order valence-electron chi connectivity index (χ4n) is 2.07. The molecule has 0 aromatic heterocycles. The molecule has 2 rings (SSSR count). The van der Waals surface area contributed by atoms with Gasteiger partial charge in [0.05, 0.1) is 7.11 Å². The molecule has 0 radical (unpaired) electrons. The maximum absolute atomic E-state index is 5.33. The number of hydrogen-bond acceptors (Lipinski definition) is 2. The van der Waals surface area contributed by atoms with Crippen LogP contribution in [0, 0.1) is 0 Å². The molecule has 1 atom stereocenters. The SMILES string of the molecule is COc1ccccc1CC1CCCN1.Cl. The predicted molar refractivity (Wildman–Crippen MR) is 65.0 cm³/mol. The molecule has 1 heterocycles. The summed E-state index contributed by atoms with van der Waals surface area (Å²) in [6, 6.07) is 8.92. The van der Waals surface area contributed by atoms with E-state index in [0.29, 0.717) is 6.04 Å². The number of methoxy groups -OCH3 is 1. The van der Waals surface area contributed by atoms with Gasteiger partial charge in [-0.2, -0.15) is 0 Å². The smallest absolute Gasteiger partial charge is 0.122 e. The van der Waals surface area contributed by atoms with Crippen LogP contribution < -0.4 is 10.1 Å². The fraction of sp³-hybridized carbons (Fsp3) is 0.500. The Morgan fingerprint density at radius 3 is 2.87 bits per heavy atom. The summed E-state index contributed by atoms with van der Waals surface area (Å²) in [5, 5.41) is 3.50. The second-order valence-corrected chi connectivity index (χ2v) is 3.81. The molecule has 0 aliphatic carbocycles. The van der Waals surface area contributed by atoms with Gasteiger partial charge in [-0.1, -0.05) is 18.2 Å². The molecule has 1 unspecified atom stereocenters. The van der Waals surface area contributed by atoms with Crippen molar-refractivity contribution in [2.45, 2.75) is 25.3 Å². The molecule has 84 valence electrons.